The predicted octanol–water partition coefficient (Wildman–Crippen LogP) is 4.32. The number of sulfonamides is 1. The number of anilines is 1. The van der Waals surface area contributed by atoms with Crippen molar-refractivity contribution in [3.63, 3.8) is 0 Å². The number of alkyl carbamates (subject to hydrolysis) is 1. The number of aryl methyl sites for hydroxylation is 1. The maximum atomic E-state index is 13.6. The van der Waals surface area contributed by atoms with Crippen molar-refractivity contribution in [3.05, 3.63) is 64.7 Å². The number of likely N-dealkylation sites (N-methyl/N-ethyl adjacent to an activating group) is 1. The minimum atomic E-state index is -4.24. The van der Waals surface area contributed by atoms with E-state index in [2.05, 4.69) is 26.3 Å². The van der Waals surface area contributed by atoms with Crippen LogP contribution in [0.3, 0.4) is 0 Å². The maximum absolute atomic E-state index is 13.6. The molecule has 4 atom stereocenters. The smallest absolute Gasteiger partial charge is 0.407 e. The van der Waals surface area contributed by atoms with Gasteiger partial charge in [-0.1, -0.05) is 23.7 Å². The third-order valence-electron chi connectivity index (χ3n) is 10.2. The minimum absolute atomic E-state index is 0.0212. The van der Waals surface area contributed by atoms with Crippen LogP contribution in [0.25, 0.3) is 0 Å². The number of ether oxygens (including phenoxy) is 3. The summed E-state index contributed by atoms with van der Waals surface area (Å²) >= 11 is 6.42. The molecule has 2 amide bonds. The molecule has 0 unspecified atom stereocenters. The van der Waals surface area contributed by atoms with Crippen LogP contribution >= 0.6 is 11.6 Å². The molecule has 0 saturated heterocycles. The fourth-order valence-corrected chi connectivity index (χ4v) is 8.65. The van der Waals surface area contributed by atoms with Gasteiger partial charge in [0.2, 0.25) is 0 Å². The molecule has 2 aliphatic heterocycles. The monoisotopic (exact) mass is 700 g/mol. The Kier molecular flexibility index (Phi) is 10.00. The molecule has 48 heavy (non-hydrogen) atoms. The van der Waals surface area contributed by atoms with Crippen LogP contribution in [0.1, 0.15) is 50.7 Å². The highest BCUT2D eigenvalue weighted by Crippen LogP contribution is 2.47. The number of carbonyl (C=O) groups excluding carboxylic acids is 2. The molecule has 3 N–H and O–H groups in total. The second-order valence-corrected chi connectivity index (χ2v) is 15.9. The van der Waals surface area contributed by atoms with Crippen LogP contribution in [-0.2, 0) is 36.1 Å². The van der Waals surface area contributed by atoms with E-state index >= 15 is 0 Å². The molecular weight excluding hydrogens is 656 g/mol. The lowest BCUT2D eigenvalue weighted by atomic mass is 9.68. The molecule has 2 heterocycles. The van der Waals surface area contributed by atoms with E-state index in [9.17, 15) is 18.0 Å². The highest BCUT2D eigenvalue weighted by molar-refractivity contribution is 7.90. The van der Waals surface area contributed by atoms with Crippen molar-refractivity contribution in [2.75, 3.05) is 51.3 Å². The number of amides is 2. The van der Waals surface area contributed by atoms with Gasteiger partial charge >= 0.3 is 6.09 Å². The first kappa shape index (κ1) is 34.5. The number of halogens is 1. The van der Waals surface area contributed by atoms with Crippen LogP contribution in [0.2, 0.25) is 5.02 Å². The second-order valence-electron chi connectivity index (χ2n) is 13.8. The van der Waals surface area contributed by atoms with Crippen LogP contribution in [0, 0.1) is 11.8 Å². The maximum Gasteiger partial charge on any atom is 0.407 e. The summed E-state index contributed by atoms with van der Waals surface area (Å²) in [5.74, 6) is -0.0477. The van der Waals surface area contributed by atoms with Crippen molar-refractivity contribution >= 4 is 39.3 Å². The zero-order valence-electron chi connectivity index (χ0n) is 27.7. The Morgan fingerprint density at radius 2 is 2.00 bits per heavy atom. The average molecular weight is 701 g/mol. The molecule has 2 bridgehead atoms. The van der Waals surface area contributed by atoms with Crippen LogP contribution in [0.5, 0.6) is 5.75 Å². The first-order chi connectivity index (χ1) is 22.9. The largest absolute Gasteiger partial charge is 0.490 e. The summed E-state index contributed by atoms with van der Waals surface area (Å²) in [5.41, 5.74) is 1.24. The molecule has 260 valence electrons. The Morgan fingerprint density at radius 3 is 2.77 bits per heavy atom. The van der Waals surface area contributed by atoms with Crippen LogP contribution in [-0.4, -0.2) is 78.6 Å². The Bertz CT molecular complexity index is 1680. The lowest BCUT2D eigenvalue weighted by Crippen LogP contribution is -2.50. The highest BCUT2D eigenvalue weighted by Gasteiger charge is 2.45. The van der Waals surface area contributed by atoms with Gasteiger partial charge in [0, 0.05) is 42.5 Å². The number of fused-ring (bicyclic) bond motifs is 4. The van der Waals surface area contributed by atoms with Crippen molar-refractivity contribution in [1.82, 2.24) is 15.4 Å². The van der Waals surface area contributed by atoms with Gasteiger partial charge in [-0.05, 0) is 106 Å². The molecule has 2 aromatic carbocycles. The van der Waals surface area contributed by atoms with Gasteiger partial charge in [0.05, 0.1) is 23.8 Å². The number of nitrogens with one attached hydrogen (secondary N) is 3. The normalized spacial score (nSPS) is 28.4. The standard InChI is InChI=1S/C35H45ClN4O7S/c1-34(2)32(41)39-48(43,44)26-10-13-31-29(19-26)40(21-35(22-45-31)14-4-6-23-18-25(36)9-12-28(23)35)20-24-8-11-27(24)30(7-5-17-46-34)47-33(42)38-16-15-37-3/h5,7,9-10,12-13,18-19,24,27,30,37H,4,6,8,11,14-17,20-22H2,1-3H3,(H,38,42)(H,39,41)/b7-5+/t24-,27+,30-,35-/m0/s1. The Labute approximate surface area is 287 Å². The first-order valence-electron chi connectivity index (χ1n) is 16.7. The molecule has 6 rings (SSSR count). The van der Waals surface area contributed by atoms with Crippen LogP contribution in [0.15, 0.2) is 53.4 Å². The molecule has 0 radical (unpaired) electrons. The molecule has 0 aromatic heterocycles. The number of hydrogen-bond donors (Lipinski definition) is 3. The van der Waals surface area contributed by atoms with Gasteiger partial charge in [-0.2, -0.15) is 0 Å². The van der Waals surface area contributed by atoms with E-state index in [4.69, 9.17) is 25.8 Å². The van der Waals surface area contributed by atoms with Gasteiger partial charge < -0.3 is 29.7 Å². The second kappa shape index (κ2) is 13.9. The molecule has 13 heteroatoms. The Hall–Kier alpha value is -3.32. The fourth-order valence-electron chi connectivity index (χ4n) is 7.34. The topological polar surface area (TPSA) is 135 Å². The third kappa shape index (κ3) is 7.17. The average Bonchev–Trinajstić information content (AvgIpc) is 3.17. The summed E-state index contributed by atoms with van der Waals surface area (Å²) in [5, 5.41) is 6.51. The van der Waals surface area contributed by atoms with E-state index in [0.717, 1.165) is 32.1 Å². The molecule has 11 nitrogen and oxygen atoms in total. The van der Waals surface area contributed by atoms with E-state index in [1.54, 1.807) is 18.2 Å². The summed E-state index contributed by atoms with van der Waals surface area (Å²) in [6.45, 7) is 5.71. The van der Waals surface area contributed by atoms with Crippen molar-refractivity contribution in [2.24, 2.45) is 11.8 Å². The van der Waals surface area contributed by atoms with Crippen molar-refractivity contribution in [2.45, 2.75) is 68.0 Å². The molecule has 2 aliphatic carbocycles. The summed E-state index contributed by atoms with van der Waals surface area (Å²) in [4.78, 5) is 28.3. The predicted molar refractivity (Wildman–Crippen MR) is 183 cm³/mol. The van der Waals surface area contributed by atoms with Gasteiger partial charge in [-0.25, -0.2) is 17.9 Å². The molecule has 4 aliphatic rings. The van der Waals surface area contributed by atoms with Gasteiger partial charge in [0.1, 0.15) is 17.5 Å². The summed E-state index contributed by atoms with van der Waals surface area (Å²) in [6.07, 6.45) is 7.12. The summed E-state index contributed by atoms with van der Waals surface area (Å²) in [7, 11) is -2.42. The molecule has 1 spiro atoms. The number of benzene rings is 2. The lowest BCUT2D eigenvalue weighted by molar-refractivity contribution is -0.139. The van der Waals surface area contributed by atoms with Crippen molar-refractivity contribution in [1.29, 1.82) is 0 Å². The van der Waals surface area contributed by atoms with Crippen LogP contribution < -0.4 is 25.0 Å². The SMILES string of the molecule is CNCCNC(=O)O[C@H]1/C=C/COC(C)(C)C(=O)NS(=O)(=O)c2ccc3c(c2)N(C[C@@H]2CC[C@H]21)C[C@@]1(CCCc2cc(Cl)ccc21)CO3. The molecular formula is C35H45ClN4O7S. The van der Waals surface area contributed by atoms with E-state index in [1.807, 2.05) is 25.3 Å². The molecule has 2 aromatic rings. The molecule has 1 saturated carbocycles. The van der Waals surface area contributed by atoms with E-state index in [0.29, 0.717) is 49.2 Å². The van der Waals surface area contributed by atoms with Gasteiger partial charge in [-0.3, -0.25) is 4.79 Å². The Balaban J connectivity index is 1.40. The summed E-state index contributed by atoms with van der Waals surface area (Å²) < 4.78 is 47.8. The number of carbonyl (C=O) groups is 2. The summed E-state index contributed by atoms with van der Waals surface area (Å²) in [6, 6.07) is 10.8. The van der Waals surface area contributed by atoms with E-state index in [-0.39, 0.29) is 28.8 Å². The highest BCUT2D eigenvalue weighted by atomic mass is 35.5. The first-order valence-corrected chi connectivity index (χ1v) is 18.5. The number of nitrogens with zero attached hydrogens (tertiary/aromatic N) is 1. The quantitative estimate of drug-likeness (QED) is 0.315. The molecule has 1 fully saturated rings. The number of rotatable bonds is 4. The van der Waals surface area contributed by atoms with Crippen molar-refractivity contribution < 1.29 is 32.2 Å². The Morgan fingerprint density at radius 1 is 1.17 bits per heavy atom. The fraction of sp³-hybridized carbons (Fsp3) is 0.543. The van der Waals surface area contributed by atoms with Gasteiger partial charge in [0.25, 0.3) is 15.9 Å². The van der Waals surface area contributed by atoms with Gasteiger partial charge in [0.15, 0.2) is 0 Å². The van der Waals surface area contributed by atoms with Gasteiger partial charge in [-0.15, -0.1) is 0 Å². The number of hydrogen-bond acceptors (Lipinski definition) is 9. The zero-order valence-corrected chi connectivity index (χ0v) is 29.3. The van der Waals surface area contributed by atoms with E-state index in [1.165, 1.54) is 31.0 Å². The van der Waals surface area contributed by atoms with E-state index < -0.39 is 33.7 Å². The minimum Gasteiger partial charge on any atom is -0.490 e. The zero-order chi connectivity index (χ0) is 34.1. The van der Waals surface area contributed by atoms with Crippen LogP contribution in [0.4, 0.5) is 10.5 Å². The lowest BCUT2D eigenvalue weighted by Gasteiger charge is -2.46. The third-order valence-corrected chi connectivity index (χ3v) is 11.8. The van der Waals surface area contributed by atoms with Crippen molar-refractivity contribution in [3.8, 4) is 5.75 Å².